The van der Waals surface area contributed by atoms with E-state index in [0.717, 1.165) is 0 Å². The molecule has 0 radical (unpaired) electrons. The minimum absolute atomic E-state index is 0.219. The number of hydrogen-bond donors (Lipinski definition) is 1. The van der Waals surface area contributed by atoms with Crippen LogP contribution in [-0.4, -0.2) is 24.0 Å². The van der Waals surface area contributed by atoms with Crippen LogP contribution >= 0.6 is 23.2 Å². The molecule has 0 aliphatic carbocycles. The van der Waals surface area contributed by atoms with Crippen molar-refractivity contribution in [3.8, 4) is 5.75 Å². The Morgan fingerprint density at radius 3 is 2.80 bits per heavy atom. The van der Waals surface area contributed by atoms with E-state index in [1.54, 1.807) is 36.4 Å². The van der Waals surface area contributed by atoms with Gasteiger partial charge in [0.15, 0.2) is 0 Å². The molecule has 0 saturated carbocycles. The average Bonchev–Trinajstić information content (AvgIpc) is 2.44. The number of carbonyl (C=O) groups excluding carboxylic acids is 1. The maximum absolute atomic E-state index is 11.8. The molecule has 1 heterocycles. The van der Waals surface area contributed by atoms with Crippen LogP contribution in [0.3, 0.4) is 0 Å². The molecule has 0 saturated heterocycles. The predicted octanol–water partition coefficient (Wildman–Crippen LogP) is 3.20. The quantitative estimate of drug-likeness (QED) is 0.681. The van der Waals surface area contributed by atoms with E-state index in [1.807, 2.05) is 0 Å². The molecule has 4 nitrogen and oxygen atoms in total. The first kappa shape index (κ1) is 14.6. The summed E-state index contributed by atoms with van der Waals surface area (Å²) in [6.07, 6.45) is 1.43. The van der Waals surface area contributed by atoms with Crippen LogP contribution in [0.15, 0.2) is 42.6 Å². The Morgan fingerprint density at radius 2 is 2.10 bits per heavy atom. The van der Waals surface area contributed by atoms with Crippen molar-refractivity contribution in [1.82, 2.24) is 10.3 Å². The minimum atomic E-state index is -0.219. The molecule has 0 aliphatic heterocycles. The number of nitrogens with zero attached hydrogens (tertiary/aromatic N) is 1. The molecule has 20 heavy (non-hydrogen) atoms. The van der Waals surface area contributed by atoms with Crippen molar-refractivity contribution in [2.45, 2.75) is 0 Å². The first-order valence-electron chi connectivity index (χ1n) is 5.93. The SMILES string of the molecule is O=C(NCCOc1cccc(Cl)c1)c1ccc(Cl)nc1. The maximum Gasteiger partial charge on any atom is 0.252 e. The van der Waals surface area contributed by atoms with Gasteiger partial charge in [0.2, 0.25) is 0 Å². The van der Waals surface area contributed by atoms with Crippen molar-refractivity contribution in [2.75, 3.05) is 13.2 Å². The monoisotopic (exact) mass is 310 g/mol. The molecule has 104 valence electrons. The van der Waals surface area contributed by atoms with Crippen molar-refractivity contribution in [1.29, 1.82) is 0 Å². The number of nitrogens with one attached hydrogen (secondary N) is 1. The summed E-state index contributed by atoms with van der Waals surface area (Å²) >= 11 is 11.5. The number of carbonyl (C=O) groups is 1. The first-order chi connectivity index (χ1) is 9.65. The van der Waals surface area contributed by atoms with Crippen LogP contribution in [0, 0.1) is 0 Å². The Bertz CT molecular complexity index is 588. The van der Waals surface area contributed by atoms with Gasteiger partial charge in [-0.15, -0.1) is 0 Å². The zero-order chi connectivity index (χ0) is 14.4. The van der Waals surface area contributed by atoms with Crippen LogP contribution in [0.2, 0.25) is 10.2 Å². The lowest BCUT2D eigenvalue weighted by molar-refractivity contribution is 0.0946. The highest BCUT2D eigenvalue weighted by Crippen LogP contribution is 2.16. The molecule has 0 aliphatic rings. The molecule has 1 amide bonds. The normalized spacial score (nSPS) is 10.1. The van der Waals surface area contributed by atoms with Gasteiger partial charge in [0.25, 0.3) is 5.91 Å². The molecule has 1 N–H and O–H groups in total. The van der Waals surface area contributed by atoms with Crippen molar-refractivity contribution in [2.24, 2.45) is 0 Å². The predicted molar refractivity (Wildman–Crippen MR) is 78.5 cm³/mol. The standard InChI is InChI=1S/C14H12Cl2N2O2/c15-11-2-1-3-12(8-11)20-7-6-17-14(19)10-4-5-13(16)18-9-10/h1-5,8-9H,6-7H2,(H,17,19). The average molecular weight is 311 g/mol. The van der Waals surface area contributed by atoms with E-state index in [9.17, 15) is 4.79 Å². The Labute approximate surface area is 126 Å². The van der Waals surface area contributed by atoms with E-state index in [-0.39, 0.29) is 5.91 Å². The molecule has 2 rings (SSSR count). The summed E-state index contributed by atoms with van der Waals surface area (Å²) in [6, 6.07) is 10.3. The molecule has 1 aromatic heterocycles. The molecule has 0 spiro atoms. The summed E-state index contributed by atoms with van der Waals surface area (Å²) in [5.74, 6) is 0.448. The van der Waals surface area contributed by atoms with Crippen LogP contribution in [0.4, 0.5) is 0 Å². The Morgan fingerprint density at radius 1 is 1.25 bits per heavy atom. The van der Waals surface area contributed by atoms with Gasteiger partial charge in [0.1, 0.15) is 17.5 Å². The highest BCUT2D eigenvalue weighted by Gasteiger charge is 2.05. The topological polar surface area (TPSA) is 51.2 Å². The highest BCUT2D eigenvalue weighted by molar-refractivity contribution is 6.30. The molecule has 6 heteroatoms. The Kier molecular flexibility index (Phi) is 5.21. The zero-order valence-electron chi connectivity index (χ0n) is 10.5. The second-order valence-corrected chi connectivity index (χ2v) is 4.76. The van der Waals surface area contributed by atoms with Gasteiger partial charge in [-0.05, 0) is 30.3 Å². The summed E-state index contributed by atoms with van der Waals surface area (Å²) < 4.78 is 5.46. The Hall–Kier alpha value is -1.78. The van der Waals surface area contributed by atoms with E-state index < -0.39 is 0 Å². The smallest absolute Gasteiger partial charge is 0.252 e. The van der Waals surface area contributed by atoms with E-state index in [1.165, 1.54) is 6.20 Å². The molecule has 0 atom stereocenters. The number of halogens is 2. The van der Waals surface area contributed by atoms with E-state index in [4.69, 9.17) is 27.9 Å². The summed E-state index contributed by atoms with van der Waals surface area (Å²) in [6.45, 7) is 0.737. The fourth-order valence-electron chi connectivity index (χ4n) is 1.50. The van der Waals surface area contributed by atoms with Crippen molar-refractivity contribution in [3.05, 3.63) is 58.3 Å². The summed E-state index contributed by atoms with van der Waals surface area (Å²) in [5.41, 5.74) is 0.456. The van der Waals surface area contributed by atoms with Crippen LogP contribution in [0.25, 0.3) is 0 Å². The minimum Gasteiger partial charge on any atom is -0.492 e. The number of benzene rings is 1. The number of aromatic nitrogens is 1. The van der Waals surface area contributed by atoms with Crippen LogP contribution in [0.1, 0.15) is 10.4 Å². The first-order valence-corrected chi connectivity index (χ1v) is 6.69. The van der Waals surface area contributed by atoms with Crippen LogP contribution in [0.5, 0.6) is 5.75 Å². The molecular weight excluding hydrogens is 299 g/mol. The maximum atomic E-state index is 11.8. The summed E-state index contributed by atoms with van der Waals surface area (Å²) in [7, 11) is 0. The molecule has 1 aromatic carbocycles. The molecular formula is C14H12Cl2N2O2. The number of pyridine rings is 1. The van der Waals surface area contributed by atoms with E-state index in [0.29, 0.717) is 34.6 Å². The van der Waals surface area contributed by atoms with Gasteiger partial charge in [-0.3, -0.25) is 4.79 Å². The number of rotatable bonds is 5. The third-order valence-corrected chi connectivity index (χ3v) is 2.90. The van der Waals surface area contributed by atoms with Crippen molar-refractivity contribution in [3.63, 3.8) is 0 Å². The van der Waals surface area contributed by atoms with Gasteiger partial charge in [0, 0.05) is 11.2 Å². The van der Waals surface area contributed by atoms with Gasteiger partial charge < -0.3 is 10.1 Å². The third kappa shape index (κ3) is 4.40. The lowest BCUT2D eigenvalue weighted by atomic mass is 10.3. The lowest BCUT2D eigenvalue weighted by Gasteiger charge is -2.08. The van der Waals surface area contributed by atoms with Gasteiger partial charge in [-0.1, -0.05) is 29.3 Å². The highest BCUT2D eigenvalue weighted by atomic mass is 35.5. The van der Waals surface area contributed by atoms with Crippen LogP contribution < -0.4 is 10.1 Å². The fraction of sp³-hybridized carbons (Fsp3) is 0.143. The third-order valence-electron chi connectivity index (χ3n) is 2.44. The van der Waals surface area contributed by atoms with Crippen molar-refractivity contribution < 1.29 is 9.53 Å². The largest absolute Gasteiger partial charge is 0.492 e. The fourth-order valence-corrected chi connectivity index (χ4v) is 1.79. The zero-order valence-corrected chi connectivity index (χ0v) is 12.0. The van der Waals surface area contributed by atoms with Crippen molar-refractivity contribution >= 4 is 29.1 Å². The molecule has 0 fully saturated rings. The lowest BCUT2D eigenvalue weighted by Crippen LogP contribution is -2.28. The van der Waals surface area contributed by atoms with E-state index >= 15 is 0 Å². The summed E-state index contributed by atoms with van der Waals surface area (Å²) in [5, 5.41) is 3.69. The van der Waals surface area contributed by atoms with Crippen LogP contribution in [-0.2, 0) is 0 Å². The van der Waals surface area contributed by atoms with Gasteiger partial charge >= 0.3 is 0 Å². The second-order valence-electron chi connectivity index (χ2n) is 3.93. The molecule has 0 bridgehead atoms. The Balaban J connectivity index is 1.76. The van der Waals surface area contributed by atoms with E-state index in [2.05, 4.69) is 10.3 Å². The molecule has 2 aromatic rings. The number of amides is 1. The second kappa shape index (κ2) is 7.12. The molecule has 0 unspecified atom stereocenters. The van der Waals surface area contributed by atoms with Gasteiger partial charge in [0.05, 0.1) is 12.1 Å². The number of hydrogen-bond acceptors (Lipinski definition) is 3. The van der Waals surface area contributed by atoms with Gasteiger partial charge in [-0.2, -0.15) is 0 Å². The summed E-state index contributed by atoms with van der Waals surface area (Å²) in [4.78, 5) is 15.6. The van der Waals surface area contributed by atoms with Gasteiger partial charge in [-0.25, -0.2) is 4.98 Å². The number of ether oxygens (including phenoxy) is 1.